The second-order valence-corrected chi connectivity index (χ2v) is 7.04. The lowest BCUT2D eigenvalue weighted by Gasteiger charge is -2.26. The van der Waals surface area contributed by atoms with Gasteiger partial charge in [-0.3, -0.25) is 4.90 Å². The number of nitrogen functional groups attached to an aromatic ring is 1. The molecule has 20 heavy (non-hydrogen) atoms. The molecule has 0 amide bonds. The second kappa shape index (κ2) is 6.81. The molecule has 1 aliphatic rings. The maximum atomic E-state index is 12.2. The van der Waals surface area contributed by atoms with Gasteiger partial charge in [0.05, 0.1) is 13.2 Å². The number of hydrogen-bond donors (Lipinski definition) is 2. The summed E-state index contributed by atoms with van der Waals surface area (Å²) < 4.78 is 32.6. The van der Waals surface area contributed by atoms with Crippen LogP contribution in [-0.4, -0.2) is 57.7 Å². The van der Waals surface area contributed by atoms with Gasteiger partial charge in [0.15, 0.2) is 0 Å². The Morgan fingerprint density at radius 3 is 2.85 bits per heavy atom. The molecule has 3 N–H and O–H groups in total. The molecular weight excluding hydrogens is 348 g/mol. The van der Waals surface area contributed by atoms with E-state index >= 15 is 0 Å². The minimum absolute atomic E-state index is 0.00569. The van der Waals surface area contributed by atoms with Crippen LogP contribution >= 0.6 is 15.9 Å². The van der Waals surface area contributed by atoms with Crippen molar-refractivity contribution in [3.63, 3.8) is 0 Å². The van der Waals surface area contributed by atoms with Crippen molar-refractivity contribution in [3.05, 3.63) is 16.7 Å². The van der Waals surface area contributed by atoms with Crippen LogP contribution < -0.4 is 10.5 Å². The number of nitrogens with one attached hydrogen (secondary N) is 1. The molecule has 1 saturated heterocycles. The number of ether oxygens (including phenoxy) is 1. The number of halogens is 1. The molecule has 2 rings (SSSR count). The van der Waals surface area contributed by atoms with Crippen molar-refractivity contribution in [1.82, 2.24) is 14.6 Å². The third-order valence-corrected chi connectivity index (χ3v) is 4.89. The molecule has 0 bridgehead atoms. The van der Waals surface area contributed by atoms with Crippen LogP contribution in [0.15, 0.2) is 21.6 Å². The number of sulfonamides is 1. The summed E-state index contributed by atoms with van der Waals surface area (Å²) in [4.78, 5) is 5.97. The largest absolute Gasteiger partial charge is 0.383 e. The van der Waals surface area contributed by atoms with Gasteiger partial charge in [-0.25, -0.2) is 18.1 Å². The van der Waals surface area contributed by atoms with E-state index in [9.17, 15) is 8.42 Å². The lowest BCUT2D eigenvalue weighted by Crippen LogP contribution is -2.41. The van der Waals surface area contributed by atoms with Crippen molar-refractivity contribution in [3.8, 4) is 0 Å². The van der Waals surface area contributed by atoms with Crippen LogP contribution in [0.1, 0.15) is 0 Å². The Kier molecular flexibility index (Phi) is 5.33. The van der Waals surface area contributed by atoms with E-state index in [0.717, 1.165) is 13.1 Å². The predicted molar refractivity (Wildman–Crippen MR) is 78.8 cm³/mol. The van der Waals surface area contributed by atoms with Crippen LogP contribution in [0, 0.1) is 0 Å². The normalized spacial score (nSPS) is 17.2. The number of hydrogen-bond acceptors (Lipinski definition) is 6. The highest BCUT2D eigenvalue weighted by Gasteiger charge is 2.19. The number of nitrogens with zero attached hydrogens (tertiary/aromatic N) is 2. The minimum atomic E-state index is -3.64. The molecule has 0 atom stereocenters. The van der Waals surface area contributed by atoms with Crippen molar-refractivity contribution in [2.24, 2.45) is 0 Å². The molecule has 0 aromatic carbocycles. The van der Waals surface area contributed by atoms with Gasteiger partial charge in [0.1, 0.15) is 10.7 Å². The highest BCUT2D eigenvalue weighted by Crippen LogP contribution is 2.20. The Morgan fingerprint density at radius 2 is 2.15 bits per heavy atom. The zero-order chi connectivity index (χ0) is 14.6. The number of rotatable bonds is 5. The van der Waals surface area contributed by atoms with Crippen LogP contribution in [0.25, 0.3) is 0 Å². The first-order valence-corrected chi connectivity index (χ1v) is 8.47. The summed E-state index contributed by atoms with van der Waals surface area (Å²) in [6, 6.07) is 1.44. The van der Waals surface area contributed by atoms with Crippen molar-refractivity contribution >= 4 is 31.8 Å². The zero-order valence-corrected chi connectivity index (χ0v) is 13.3. The summed E-state index contributed by atoms with van der Waals surface area (Å²) >= 11 is 3.19. The van der Waals surface area contributed by atoms with E-state index in [1.165, 1.54) is 12.3 Å². The third-order valence-electron chi connectivity index (χ3n) is 2.96. The van der Waals surface area contributed by atoms with Gasteiger partial charge in [-0.2, -0.15) is 0 Å². The molecule has 9 heteroatoms. The molecular formula is C11H17BrN4O3S. The van der Waals surface area contributed by atoms with E-state index in [-0.39, 0.29) is 10.7 Å². The molecule has 1 fully saturated rings. The third kappa shape index (κ3) is 4.13. The van der Waals surface area contributed by atoms with Gasteiger partial charge in [-0.1, -0.05) is 0 Å². The topological polar surface area (TPSA) is 97.5 Å². The Labute approximate surface area is 126 Å². The summed E-state index contributed by atoms with van der Waals surface area (Å²) in [6.45, 7) is 3.99. The Morgan fingerprint density at radius 1 is 1.45 bits per heavy atom. The molecule has 1 aromatic rings. The van der Waals surface area contributed by atoms with E-state index in [1.54, 1.807) is 0 Å². The summed E-state index contributed by atoms with van der Waals surface area (Å²) in [5.41, 5.74) is 5.61. The highest BCUT2D eigenvalue weighted by atomic mass is 79.9. The molecule has 112 valence electrons. The minimum Gasteiger partial charge on any atom is -0.383 e. The van der Waals surface area contributed by atoms with E-state index in [1.807, 2.05) is 0 Å². The van der Waals surface area contributed by atoms with E-state index in [2.05, 4.69) is 30.5 Å². The fourth-order valence-electron chi connectivity index (χ4n) is 1.89. The number of pyridine rings is 1. The number of nitrogens with two attached hydrogens (primary N) is 1. The molecule has 2 heterocycles. The molecule has 0 aliphatic carbocycles. The van der Waals surface area contributed by atoms with Crippen molar-refractivity contribution in [1.29, 1.82) is 0 Å². The van der Waals surface area contributed by atoms with Gasteiger partial charge in [0, 0.05) is 36.8 Å². The van der Waals surface area contributed by atoms with Crippen molar-refractivity contribution in [2.45, 2.75) is 4.90 Å². The monoisotopic (exact) mass is 364 g/mol. The smallest absolute Gasteiger partial charge is 0.244 e. The molecule has 1 aliphatic heterocycles. The van der Waals surface area contributed by atoms with Crippen molar-refractivity contribution in [2.75, 3.05) is 45.1 Å². The Bertz CT molecular complexity index is 561. The SMILES string of the molecule is Nc1ncc(Br)cc1S(=O)(=O)NCCN1CCOCC1. The number of aromatic nitrogens is 1. The average molecular weight is 365 g/mol. The van der Waals surface area contributed by atoms with Gasteiger partial charge in [0.2, 0.25) is 10.0 Å². The molecule has 0 unspecified atom stereocenters. The van der Waals surface area contributed by atoms with Crippen LogP contribution in [0.2, 0.25) is 0 Å². The lowest BCUT2D eigenvalue weighted by atomic mass is 10.4. The summed E-state index contributed by atoms with van der Waals surface area (Å²) in [5.74, 6) is -0.00734. The molecule has 7 nitrogen and oxygen atoms in total. The van der Waals surface area contributed by atoms with Gasteiger partial charge in [0.25, 0.3) is 0 Å². The van der Waals surface area contributed by atoms with Gasteiger partial charge < -0.3 is 10.5 Å². The van der Waals surface area contributed by atoms with Gasteiger partial charge >= 0.3 is 0 Å². The highest BCUT2D eigenvalue weighted by molar-refractivity contribution is 9.10. The van der Waals surface area contributed by atoms with Gasteiger partial charge in [-0.15, -0.1) is 0 Å². The van der Waals surface area contributed by atoms with E-state index < -0.39 is 10.0 Å². The maximum Gasteiger partial charge on any atom is 0.244 e. The Hall–Kier alpha value is -0.740. The molecule has 1 aromatic heterocycles. The van der Waals surface area contributed by atoms with Crippen LogP contribution in [0.3, 0.4) is 0 Å². The summed E-state index contributed by atoms with van der Waals surface area (Å²) in [5, 5.41) is 0. The van der Waals surface area contributed by atoms with Crippen LogP contribution in [0.4, 0.5) is 5.82 Å². The fourth-order valence-corrected chi connectivity index (χ4v) is 3.50. The quantitative estimate of drug-likeness (QED) is 0.765. The van der Waals surface area contributed by atoms with Crippen molar-refractivity contribution < 1.29 is 13.2 Å². The Balaban J connectivity index is 1.95. The van der Waals surface area contributed by atoms with E-state index in [4.69, 9.17) is 10.5 Å². The number of morpholine rings is 1. The number of anilines is 1. The molecule has 0 radical (unpaired) electrons. The summed E-state index contributed by atoms with van der Waals surface area (Å²) in [7, 11) is -3.64. The predicted octanol–water partition coefficient (Wildman–Crippen LogP) is 0.0368. The standard InChI is InChI=1S/C11H17BrN4O3S/c12-9-7-10(11(13)14-8-9)20(17,18)15-1-2-16-3-5-19-6-4-16/h7-8,15H,1-6H2,(H2,13,14). The first kappa shape index (κ1) is 15.6. The first-order valence-electron chi connectivity index (χ1n) is 6.20. The molecule has 0 saturated carbocycles. The zero-order valence-electron chi connectivity index (χ0n) is 10.9. The lowest BCUT2D eigenvalue weighted by molar-refractivity contribution is 0.0390. The first-order chi connectivity index (χ1) is 9.49. The van der Waals surface area contributed by atoms with Crippen LogP contribution in [-0.2, 0) is 14.8 Å². The fraction of sp³-hybridized carbons (Fsp3) is 0.545. The summed E-state index contributed by atoms with van der Waals surface area (Å²) in [6.07, 6.45) is 1.46. The maximum absolute atomic E-state index is 12.2. The van der Waals surface area contributed by atoms with E-state index in [0.29, 0.717) is 30.8 Å². The molecule has 0 spiro atoms. The average Bonchev–Trinajstić information content (AvgIpc) is 2.42. The second-order valence-electron chi connectivity index (χ2n) is 4.39. The van der Waals surface area contributed by atoms with Crippen LogP contribution in [0.5, 0.6) is 0 Å². The van der Waals surface area contributed by atoms with Gasteiger partial charge in [-0.05, 0) is 22.0 Å².